The Morgan fingerprint density at radius 3 is 2.50 bits per heavy atom. The van der Waals surface area contributed by atoms with Gasteiger partial charge in [0.25, 0.3) is 0 Å². The number of hydrogen-bond acceptors (Lipinski definition) is 3. The Balaban J connectivity index is 2.97. The maximum atomic E-state index is 5.47. The predicted molar refractivity (Wildman–Crippen MR) is 77.2 cm³/mol. The number of methoxy groups -OCH3 is 1. The number of likely N-dealkylation sites (N-methyl/N-ethyl adjacent to an activating group) is 2. The second kappa shape index (κ2) is 6.21. The first kappa shape index (κ1) is 15.0. The Bertz CT molecular complexity index is 377. The van der Waals surface area contributed by atoms with E-state index in [1.807, 2.05) is 19.2 Å². The van der Waals surface area contributed by atoms with E-state index in [4.69, 9.17) is 4.74 Å². The molecule has 1 aromatic rings. The number of para-hydroxylation sites is 1. The van der Waals surface area contributed by atoms with Crippen LogP contribution in [-0.4, -0.2) is 38.7 Å². The molecule has 0 radical (unpaired) electrons. The molecule has 18 heavy (non-hydrogen) atoms. The van der Waals surface area contributed by atoms with Crippen LogP contribution in [0.25, 0.3) is 0 Å². The van der Waals surface area contributed by atoms with Gasteiger partial charge in [0.15, 0.2) is 0 Å². The van der Waals surface area contributed by atoms with Crippen LogP contribution in [0.5, 0.6) is 5.75 Å². The van der Waals surface area contributed by atoms with Gasteiger partial charge >= 0.3 is 0 Å². The third-order valence-corrected chi connectivity index (χ3v) is 3.76. The molecule has 0 aliphatic carbocycles. The van der Waals surface area contributed by atoms with Crippen molar-refractivity contribution in [3.63, 3.8) is 0 Å². The van der Waals surface area contributed by atoms with E-state index in [0.29, 0.717) is 6.04 Å². The zero-order valence-corrected chi connectivity index (χ0v) is 12.4. The van der Waals surface area contributed by atoms with E-state index in [1.54, 1.807) is 7.11 Å². The van der Waals surface area contributed by atoms with Crippen molar-refractivity contribution >= 4 is 0 Å². The molecule has 0 amide bonds. The Kier molecular flexibility index (Phi) is 5.17. The summed E-state index contributed by atoms with van der Waals surface area (Å²) in [5, 5.41) is 3.28. The van der Waals surface area contributed by atoms with E-state index in [-0.39, 0.29) is 5.54 Å². The molecule has 0 fully saturated rings. The molecule has 0 unspecified atom stereocenters. The Morgan fingerprint density at radius 2 is 1.94 bits per heavy atom. The van der Waals surface area contributed by atoms with Gasteiger partial charge in [-0.1, -0.05) is 18.2 Å². The topological polar surface area (TPSA) is 24.5 Å². The molecule has 0 saturated carbocycles. The van der Waals surface area contributed by atoms with E-state index in [0.717, 1.165) is 12.3 Å². The molecule has 0 heterocycles. The van der Waals surface area contributed by atoms with Crippen molar-refractivity contribution in [2.75, 3.05) is 27.7 Å². The Hall–Kier alpha value is -1.06. The maximum absolute atomic E-state index is 5.47. The highest BCUT2D eigenvalue weighted by molar-refractivity contribution is 5.38. The lowest BCUT2D eigenvalue weighted by atomic mass is 9.91. The highest BCUT2D eigenvalue weighted by Gasteiger charge is 2.29. The summed E-state index contributed by atoms with van der Waals surface area (Å²) in [6.45, 7) is 7.64. The SMILES string of the molecule is CN[C@@H](C)CN(C)C(C)(C)c1ccccc1OC. The molecular weight excluding hydrogens is 224 g/mol. The van der Waals surface area contributed by atoms with Crippen molar-refractivity contribution < 1.29 is 4.74 Å². The van der Waals surface area contributed by atoms with Crippen LogP contribution < -0.4 is 10.1 Å². The van der Waals surface area contributed by atoms with E-state index in [2.05, 4.69) is 50.2 Å². The summed E-state index contributed by atoms with van der Waals surface area (Å²) < 4.78 is 5.47. The molecule has 1 rings (SSSR count). The first-order chi connectivity index (χ1) is 8.43. The molecule has 1 atom stereocenters. The van der Waals surface area contributed by atoms with E-state index >= 15 is 0 Å². The summed E-state index contributed by atoms with van der Waals surface area (Å²) in [6.07, 6.45) is 0. The Labute approximate surface area is 111 Å². The summed E-state index contributed by atoms with van der Waals surface area (Å²) in [7, 11) is 5.88. The van der Waals surface area contributed by atoms with Gasteiger partial charge in [-0.25, -0.2) is 0 Å². The number of nitrogens with one attached hydrogen (secondary N) is 1. The molecule has 0 aliphatic rings. The fourth-order valence-corrected chi connectivity index (χ4v) is 2.09. The molecule has 3 heteroatoms. The van der Waals surface area contributed by atoms with Gasteiger partial charge < -0.3 is 10.1 Å². The minimum absolute atomic E-state index is 0.0578. The molecule has 0 aromatic heterocycles. The molecular formula is C15H26N2O. The summed E-state index contributed by atoms with van der Waals surface area (Å²) in [5.41, 5.74) is 1.16. The Morgan fingerprint density at radius 1 is 1.33 bits per heavy atom. The average molecular weight is 250 g/mol. The van der Waals surface area contributed by atoms with Crippen LogP contribution in [-0.2, 0) is 5.54 Å². The third-order valence-electron chi connectivity index (χ3n) is 3.76. The van der Waals surface area contributed by atoms with Crippen molar-refractivity contribution in [2.24, 2.45) is 0 Å². The van der Waals surface area contributed by atoms with Gasteiger partial charge in [0.1, 0.15) is 5.75 Å². The lowest BCUT2D eigenvalue weighted by molar-refractivity contribution is 0.141. The van der Waals surface area contributed by atoms with E-state index < -0.39 is 0 Å². The van der Waals surface area contributed by atoms with E-state index in [9.17, 15) is 0 Å². The van der Waals surface area contributed by atoms with Gasteiger partial charge in [0.2, 0.25) is 0 Å². The zero-order chi connectivity index (χ0) is 13.8. The van der Waals surface area contributed by atoms with Crippen molar-refractivity contribution in [3.8, 4) is 5.75 Å². The van der Waals surface area contributed by atoms with E-state index in [1.165, 1.54) is 5.56 Å². The zero-order valence-electron chi connectivity index (χ0n) is 12.4. The number of benzene rings is 1. The quantitative estimate of drug-likeness (QED) is 0.839. The van der Waals surface area contributed by atoms with Gasteiger partial charge in [0, 0.05) is 23.7 Å². The van der Waals surface area contributed by atoms with Crippen LogP contribution in [0.4, 0.5) is 0 Å². The third kappa shape index (κ3) is 3.24. The normalized spacial score (nSPS) is 13.7. The first-order valence-electron chi connectivity index (χ1n) is 6.45. The summed E-state index contributed by atoms with van der Waals surface area (Å²) in [6, 6.07) is 8.69. The number of hydrogen-bond donors (Lipinski definition) is 1. The molecule has 102 valence electrons. The lowest BCUT2D eigenvalue weighted by Crippen LogP contribution is -2.45. The molecule has 0 saturated heterocycles. The van der Waals surface area contributed by atoms with Crippen LogP contribution in [0, 0.1) is 0 Å². The van der Waals surface area contributed by atoms with Crippen molar-refractivity contribution in [3.05, 3.63) is 29.8 Å². The number of rotatable bonds is 6. The monoisotopic (exact) mass is 250 g/mol. The first-order valence-corrected chi connectivity index (χ1v) is 6.45. The highest BCUT2D eigenvalue weighted by atomic mass is 16.5. The van der Waals surface area contributed by atoms with Crippen molar-refractivity contribution in [2.45, 2.75) is 32.4 Å². The second-order valence-electron chi connectivity index (χ2n) is 5.33. The minimum Gasteiger partial charge on any atom is -0.496 e. The minimum atomic E-state index is -0.0578. The lowest BCUT2D eigenvalue weighted by Gasteiger charge is -2.38. The van der Waals surface area contributed by atoms with Gasteiger partial charge in [-0.05, 0) is 40.9 Å². The predicted octanol–water partition coefficient (Wildman–Crippen LogP) is 2.47. The molecule has 0 aliphatic heterocycles. The number of ether oxygens (including phenoxy) is 1. The average Bonchev–Trinajstić information content (AvgIpc) is 2.38. The standard InChI is InChI=1S/C15H26N2O/c1-12(16-4)11-17(5)15(2,3)13-9-7-8-10-14(13)18-6/h7-10,12,16H,11H2,1-6H3/t12-/m0/s1. The van der Waals surface area contributed by atoms with Crippen molar-refractivity contribution in [1.29, 1.82) is 0 Å². The molecule has 1 N–H and O–H groups in total. The fourth-order valence-electron chi connectivity index (χ4n) is 2.09. The molecule has 0 bridgehead atoms. The molecule has 0 spiro atoms. The summed E-state index contributed by atoms with van der Waals surface area (Å²) >= 11 is 0. The van der Waals surface area contributed by atoms with Gasteiger partial charge in [-0.3, -0.25) is 4.90 Å². The highest BCUT2D eigenvalue weighted by Crippen LogP contribution is 2.33. The number of nitrogens with zero attached hydrogens (tertiary/aromatic N) is 1. The maximum Gasteiger partial charge on any atom is 0.123 e. The molecule has 3 nitrogen and oxygen atoms in total. The summed E-state index contributed by atoms with van der Waals surface area (Å²) in [5.74, 6) is 0.950. The van der Waals surface area contributed by atoms with Crippen molar-refractivity contribution in [1.82, 2.24) is 10.2 Å². The second-order valence-corrected chi connectivity index (χ2v) is 5.33. The van der Waals surface area contributed by atoms with Gasteiger partial charge in [0.05, 0.1) is 7.11 Å². The van der Waals surface area contributed by atoms with Gasteiger partial charge in [-0.15, -0.1) is 0 Å². The van der Waals surface area contributed by atoms with Crippen LogP contribution in [0.15, 0.2) is 24.3 Å². The molecule has 1 aromatic carbocycles. The largest absolute Gasteiger partial charge is 0.496 e. The van der Waals surface area contributed by atoms with Gasteiger partial charge in [-0.2, -0.15) is 0 Å². The van der Waals surface area contributed by atoms with Crippen LogP contribution in [0.1, 0.15) is 26.3 Å². The van der Waals surface area contributed by atoms with Crippen LogP contribution in [0.3, 0.4) is 0 Å². The fraction of sp³-hybridized carbons (Fsp3) is 0.600. The summed E-state index contributed by atoms with van der Waals surface area (Å²) in [4.78, 5) is 2.35. The van der Waals surface area contributed by atoms with Crippen LogP contribution >= 0.6 is 0 Å². The smallest absolute Gasteiger partial charge is 0.123 e. The van der Waals surface area contributed by atoms with Crippen LogP contribution in [0.2, 0.25) is 0 Å².